The summed E-state index contributed by atoms with van der Waals surface area (Å²) in [6.45, 7) is 1.80. The smallest absolute Gasteiger partial charge is 0.228 e. The van der Waals surface area contributed by atoms with Gasteiger partial charge in [0.05, 0.1) is 30.2 Å². The third-order valence-corrected chi connectivity index (χ3v) is 4.73. The Balaban J connectivity index is 1.71. The summed E-state index contributed by atoms with van der Waals surface area (Å²) in [6, 6.07) is 5.35. The van der Waals surface area contributed by atoms with E-state index in [2.05, 4.69) is 20.7 Å². The van der Waals surface area contributed by atoms with Gasteiger partial charge >= 0.3 is 0 Å². The fourth-order valence-electron chi connectivity index (χ4n) is 3.04. The number of aromatic nitrogens is 3. The standard InChI is InChI=1S/C20H21N5O3/c1-3-17(26)13-11-21-18(24-20(27)12-4-5-12)10-15(13)23-14-7-9-25-16(6-8-22-25)19(14)28-2/h6-12H,3-5H2,1-2H3,(H2,21,23,24,27). The van der Waals surface area contributed by atoms with Crippen LogP contribution in [0.15, 0.2) is 36.8 Å². The van der Waals surface area contributed by atoms with Gasteiger partial charge in [-0.15, -0.1) is 0 Å². The second-order valence-electron chi connectivity index (χ2n) is 6.70. The highest BCUT2D eigenvalue weighted by molar-refractivity contribution is 6.03. The summed E-state index contributed by atoms with van der Waals surface area (Å²) in [5.41, 5.74) is 2.51. The number of hydrogen-bond acceptors (Lipinski definition) is 6. The monoisotopic (exact) mass is 379 g/mol. The van der Waals surface area contributed by atoms with Gasteiger partial charge in [-0.05, 0) is 25.0 Å². The van der Waals surface area contributed by atoms with Crippen LogP contribution in [0.1, 0.15) is 36.5 Å². The number of nitrogens with zero attached hydrogens (tertiary/aromatic N) is 3. The maximum Gasteiger partial charge on any atom is 0.228 e. The molecule has 0 atom stereocenters. The summed E-state index contributed by atoms with van der Waals surface area (Å²) < 4.78 is 7.26. The molecule has 1 aliphatic rings. The number of ketones is 1. The Bertz CT molecular complexity index is 1060. The van der Waals surface area contributed by atoms with E-state index in [0.717, 1.165) is 18.4 Å². The molecule has 3 aromatic heterocycles. The first kappa shape index (κ1) is 18.0. The lowest BCUT2D eigenvalue weighted by atomic mass is 10.1. The molecule has 0 radical (unpaired) electrons. The SMILES string of the molecule is CCC(=O)c1cnc(NC(=O)C2CC2)cc1Nc1ccn2nccc2c1OC. The highest BCUT2D eigenvalue weighted by Gasteiger charge is 2.30. The van der Waals surface area contributed by atoms with Gasteiger partial charge in [0.1, 0.15) is 11.3 Å². The van der Waals surface area contributed by atoms with Crippen LogP contribution in [-0.4, -0.2) is 33.4 Å². The Labute approximate surface area is 161 Å². The van der Waals surface area contributed by atoms with Gasteiger partial charge in [0.25, 0.3) is 0 Å². The highest BCUT2D eigenvalue weighted by Crippen LogP contribution is 2.34. The van der Waals surface area contributed by atoms with Crippen molar-refractivity contribution in [3.63, 3.8) is 0 Å². The maximum absolute atomic E-state index is 12.4. The van der Waals surface area contributed by atoms with Crippen molar-refractivity contribution in [2.75, 3.05) is 17.7 Å². The molecule has 0 bridgehead atoms. The summed E-state index contributed by atoms with van der Waals surface area (Å²) in [7, 11) is 1.58. The molecule has 3 heterocycles. The van der Waals surface area contributed by atoms with E-state index in [1.165, 1.54) is 6.20 Å². The molecule has 1 aliphatic carbocycles. The molecule has 28 heavy (non-hydrogen) atoms. The molecule has 1 fully saturated rings. The van der Waals surface area contributed by atoms with Gasteiger partial charge < -0.3 is 15.4 Å². The molecule has 1 saturated carbocycles. The van der Waals surface area contributed by atoms with Crippen LogP contribution >= 0.6 is 0 Å². The zero-order valence-electron chi connectivity index (χ0n) is 15.7. The highest BCUT2D eigenvalue weighted by atomic mass is 16.5. The zero-order valence-corrected chi connectivity index (χ0v) is 15.7. The van der Waals surface area contributed by atoms with Gasteiger partial charge in [-0.3, -0.25) is 9.59 Å². The van der Waals surface area contributed by atoms with Crippen molar-refractivity contribution in [2.24, 2.45) is 5.92 Å². The van der Waals surface area contributed by atoms with Crippen LogP contribution in [0.4, 0.5) is 17.2 Å². The molecule has 2 N–H and O–H groups in total. The molecule has 0 saturated heterocycles. The van der Waals surface area contributed by atoms with Crippen LogP contribution < -0.4 is 15.4 Å². The van der Waals surface area contributed by atoms with Crippen molar-refractivity contribution in [1.29, 1.82) is 0 Å². The van der Waals surface area contributed by atoms with E-state index >= 15 is 0 Å². The minimum Gasteiger partial charge on any atom is -0.492 e. The molecule has 0 unspecified atom stereocenters. The number of ether oxygens (including phenoxy) is 1. The summed E-state index contributed by atoms with van der Waals surface area (Å²) >= 11 is 0. The molecule has 4 rings (SSSR count). The zero-order chi connectivity index (χ0) is 19.7. The van der Waals surface area contributed by atoms with Crippen molar-refractivity contribution in [3.8, 4) is 5.75 Å². The van der Waals surface area contributed by atoms with Crippen LogP contribution in [0.25, 0.3) is 5.52 Å². The predicted octanol–water partition coefficient (Wildman–Crippen LogP) is 3.42. The number of fused-ring (bicyclic) bond motifs is 1. The Morgan fingerprint density at radius 2 is 2.11 bits per heavy atom. The van der Waals surface area contributed by atoms with Crippen molar-refractivity contribution in [2.45, 2.75) is 26.2 Å². The predicted molar refractivity (Wildman–Crippen MR) is 105 cm³/mol. The lowest BCUT2D eigenvalue weighted by molar-refractivity contribution is -0.117. The van der Waals surface area contributed by atoms with Gasteiger partial charge in [-0.1, -0.05) is 6.92 Å². The van der Waals surface area contributed by atoms with Crippen molar-refractivity contribution in [1.82, 2.24) is 14.6 Å². The first-order chi connectivity index (χ1) is 13.6. The summed E-state index contributed by atoms with van der Waals surface area (Å²) in [4.78, 5) is 28.7. The molecule has 1 amide bonds. The van der Waals surface area contributed by atoms with Gasteiger partial charge in [-0.25, -0.2) is 9.50 Å². The number of methoxy groups -OCH3 is 1. The lowest BCUT2D eigenvalue weighted by Crippen LogP contribution is -2.15. The molecule has 0 aliphatic heterocycles. The van der Waals surface area contributed by atoms with Gasteiger partial charge in [0.2, 0.25) is 5.91 Å². The average molecular weight is 379 g/mol. The summed E-state index contributed by atoms with van der Waals surface area (Å²) in [6.07, 6.45) is 7.16. The van der Waals surface area contributed by atoms with Crippen molar-refractivity contribution < 1.29 is 14.3 Å². The van der Waals surface area contributed by atoms with E-state index in [1.54, 1.807) is 37.0 Å². The van der Waals surface area contributed by atoms with Crippen LogP contribution in [0.5, 0.6) is 5.75 Å². The molecular weight excluding hydrogens is 358 g/mol. The second-order valence-corrected chi connectivity index (χ2v) is 6.70. The quantitative estimate of drug-likeness (QED) is 0.611. The fourth-order valence-corrected chi connectivity index (χ4v) is 3.04. The summed E-state index contributed by atoms with van der Waals surface area (Å²) in [5.74, 6) is 1.01. The first-order valence-corrected chi connectivity index (χ1v) is 9.22. The van der Waals surface area contributed by atoms with Crippen LogP contribution in [-0.2, 0) is 4.79 Å². The minimum atomic E-state index is -0.0422. The van der Waals surface area contributed by atoms with Crippen LogP contribution in [0, 0.1) is 5.92 Å². The number of Topliss-reactive ketones (excluding diaryl/α,β-unsaturated/α-hetero) is 1. The summed E-state index contributed by atoms with van der Waals surface area (Å²) in [5, 5.41) is 10.3. The topological polar surface area (TPSA) is 97.6 Å². The number of nitrogens with one attached hydrogen (secondary N) is 2. The number of hydrogen-bond donors (Lipinski definition) is 2. The molecular formula is C20H21N5O3. The Kier molecular flexibility index (Phi) is 4.68. The van der Waals surface area contributed by atoms with Gasteiger partial charge in [0, 0.05) is 30.8 Å². The number of amides is 1. The number of anilines is 3. The van der Waals surface area contributed by atoms with Gasteiger partial charge in [-0.2, -0.15) is 5.10 Å². The Morgan fingerprint density at radius 3 is 2.82 bits per heavy atom. The van der Waals surface area contributed by atoms with E-state index in [9.17, 15) is 9.59 Å². The fraction of sp³-hybridized carbons (Fsp3) is 0.300. The number of rotatable bonds is 7. The number of carbonyl (C=O) groups excluding carboxylic acids is 2. The largest absolute Gasteiger partial charge is 0.492 e. The molecule has 8 heteroatoms. The molecule has 0 spiro atoms. The minimum absolute atomic E-state index is 0.0359. The molecule has 3 aromatic rings. The Morgan fingerprint density at radius 1 is 1.29 bits per heavy atom. The third kappa shape index (κ3) is 3.40. The average Bonchev–Trinajstić information content (AvgIpc) is 3.45. The second kappa shape index (κ2) is 7.30. The van der Waals surface area contributed by atoms with Crippen LogP contribution in [0.2, 0.25) is 0 Å². The molecule has 144 valence electrons. The Hall–Kier alpha value is -3.42. The molecule has 0 aromatic carbocycles. The third-order valence-electron chi connectivity index (χ3n) is 4.73. The number of carbonyl (C=O) groups is 2. The van der Waals surface area contributed by atoms with Gasteiger partial charge in [0.15, 0.2) is 11.5 Å². The van der Waals surface area contributed by atoms with Crippen LogP contribution in [0.3, 0.4) is 0 Å². The van der Waals surface area contributed by atoms with E-state index in [0.29, 0.717) is 34.9 Å². The van der Waals surface area contributed by atoms with E-state index in [-0.39, 0.29) is 17.6 Å². The van der Waals surface area contributed by atoms with E-state index in [4.69, 9.17) is 4.74 Å². The lowest BCUT2D eigenvalue weighted by Gasteiger charge is -2.16. The number of pyridine rings is 2. The van der Waals surface area contributed by atoms with E-state index < -0.39 is 0 Å². The van der Waals surface area contributed by atoms with Crippen molar-refractivity contribution >= 4 is 34.4 Å². The first-order valence-electron chi connectivity index (χ1n) is 9.22. The van der Waals surface area contributed by atoms with Crippen molar-refractivity contribution in [3.05, 3.63) is 42.4 Å². The molecule has 8 nitrogen and oxygen atoms in total. The van der Waals surface area contributed by atoms with E-state index in [1.807, 2.05) is 12.1 Å². The normalized spacial score (nSPS) is 13.4. The maximum atomic E-state index is 12.4.